The molecule has 2 aromatic carbocycles. The number of aromatic amines is 1. The standard InChI is InChI=1S/C18H13Cl3N4O2/c1-26-12-5-8-11(6-13(12)27-2)24-17-16(8)22-7-23-18(17)25-10-4-3-9(19)14(20)15(10)21/h3-7,24H,1-2H3,(H,22,23,25). The van der Waals surface area contributed by atoms with Crippen LogP contribution in [0, 0.1) is 0 Å². The van der Waals surface area contributed by atoms with E-state index in [2.05, 4.69) is 20.3 Å². The maximum Gasteiger partial charge on any atom is 0.162 e. The lowest BCUT2D eigenvalue weighted by molar-refractivity contribution is 0.356. The molecule has 0 radical (unpaired) electrons. The summed E-state index contributed by atoms with van der Waals surface area (Å²) in [5.74, 6) is 1.78. The summed E-state index contributed by atoms with van der Waals surface area (Å²) >= 11 is 18.4. The number of nitrogens with one attached hydrogen (secondary N) is 2. The first-order valence-corrected chi connectivity index (χ1v) is 8.95. The van der Waals surface area contributed by atoms with Gasteiger partial charge in [0, 0.05) is 11.5 Å². The predicted octanol–water partition coefficient (Wildman–Crippen LogP) is 5.83. The van der Waals surface area contributed by atoms with Gasteiger partial charge in [0.15, 0.2) is 17.3 Å². The van der Waals surface area contributed by atoms with Crippen molar-refractivity contribution in [3.63, 3.8) is 0 Å². The second-order valence-corrected chi connectivity index (χ2v) is 6.83. The summed E-state index contributed by atoms with van der Waals surface area (Å²) in [4.78, 5) is 12.0. The van der Waals surface area contributed by atoms with E-state index in [0.29, 0.717) is 38.6 Å². The first-order chi connectivity index (χ1) is 13.0. The Bertz CT molecular complexity index is 1180. The number of halogens is 3. The van der Waals surface area contributed by atoms with Gasteiger partial charge in [-0.1, -0.05) is 34.8 Å². The fourth-order valence-corrected chi connectivity index (χ4v) is 3.45. The number of H-pyrrole nitrogens is 1. The molecule has 138 valence electrons. The molecule has 0 spiro atoms. The van der Waals surface area contributed by atoms with Gasteiger partial charge in [0.05, 0.1) is 40.5 Å². The SMILES string of the molecule is COc1cc2[nH]c3c(Nc4ccc(Cl)c(Cl)c4Cl)ncnc3c2cc1OC. The Morgan fingerprint density at radius 2 is 1.70 bits per heavy atom. The highest BCUT2D eigenvalue weighted by atomic mass is 35.5. The molecule has 0 amide bonds. The molecule has 0 saturated carbocycles. The van der Waals surface area contributed by atoms with Crippen molar-refractivity contribution in [1.29, 1.82) is 0 Å². The highest BCUT2D eigenvalue weighted by Crippen LogP contribution is 2.39. The fourth-order valence-electron chi connectivity index (χ4n) is 2.87. The van der Waals surface area contributed by atoms with Crippen molar-refractivity contribution in [3.8, 4) is 11.5 Å². The Morgan fingerprint density at radius 3 is 2.44 bits per heavy atom. The topological polar surface area (TPSA) is 72.1 Å². The molecule has 9 heteroatoms. The van der Waals surface area contributed by atoms with Crippen LogP contribution in [-0.2, 0) is 0 Å². The van der Waals surface area contributed by atoms with Crippen LogP contribution in [0.15, 0.2) is 30.6 Å². The zero-order chi connectivity index (χ0) is 19.1. The molecule has 0 aliphatic rings. The molecule has 0 aliphatic heterocycles. The molecule has 2 N–H and O–H groups in total. The lowest BCUT2D eigenvalue weighted by Crippen LogP contribution is -1.96. The molecular formula is C18H13Cl3N4O2. The van der Waals surface area contributed by atoms with Crippen LogP contribution in [0.5, 0.6) is 11.5 Å². The van der Waals surface area contributed by atoms with Crippen LogP contribution in [0.4, 0.5) is 11.5 Å². The van der Waals surface area contributed by atoms with Crippen LogP contribution in [0.3, 0.4) is 0 Å². The van der Waals surface area contributed by atoms with Gasteiger partial charge in [0.1, 0.15) is 17.4 Å². The number of benzene rings is 2. The summed E-state index contributed by atoms with van der Waals surface area (Å²) < 4.78 is 10.8. The molecule has 0 unspecified atom stereocenters. The number of nitrogens with zero attached hydrogens (tertiary/aromatic N) is 2. The Morgan fingerprint density at radius 1 is 0.963 bits per heavy atom. The first-order valence-electron chi connectivity index (χ1n) is 7.82. The minimum Gasteiger partial charge on any atom is -0.493 e. The van der Waals surface area contributed by atoms with Crippen LogP contribution in [-0.4, -0.2) is 29.2 Å². The van der Waals surface area contributed by atoms with E-state index in [0.717, 1.165) is 16.4 Å². The second-order valence-electron chi connectivity index (χ2n) is 5.67. The van der Waals surface area contributed by atoms with Crippen molar-refractivity contribution in [2.24, 2.45) is 0 Å². The predicted molar refractivity (Wildman–Crippen MR) is 109 cm³/mol. The van der Waals surface area contributed by atoms with E-state index < -0.39 is 0 Å². The van der Waals surface area contributed by atoms with Crippen LogP contribution in [0.25, 0.3) is 21.9 Å². The van der Waals surface area contributed by atoms with Crippen LogP contribution < -0.4 is 14.8 Å². The Balaban J connectivity index is 1.88. The molecule has 2 aromatic heterocycles. The van der Waals surface area contributed by atoms with Crippen molar-refractivity contribution >= 4 is 68.2 Å². The van der Waals surface area contributed by atoms with Gasteiger partial charge in [0.2, 0.25) is 0 Å². The van der Waals surface area contributed by atoms with Gasteiger partial charge in [0.25, 0.3) is 0 Å². The van der Waals surface area contributed by atoms with Crippen LogP contribution in [0.2, 0.25) is 15.1 Å². The lowest BCUT2D eigenvalue weighted by atomic mass is 10.2. The minimum atomic E-state index is 0.278. The second kappa shape index (κ2) is 6.96. The number of methoxy groups -OCH3 is 2. The van der Waals surface area contributed by atoms with E-state index in [1.165, 1.54) is 6.33 Å². The molecule has 2 heterocycles. The minimum absolute atomic E-state index is 0.278. The summed E-state index contributed by atoms with van der Waals surface area (Å²) in [6, 6.07) is 7.12. The van der Waals surface area contributed by atoms with Gasteiger partial charge in [-0.15, -0.1) is 0 Å². The van der Waals surface area contributed by atoms with Crippen molar-refractivity contribution in [1.82, 2.24) is 15.0 Å². The summed E-state index contributed by atoms with van der Waals surface area (Å²) in [5, 5.41) is 5.04. The van der Waals surface area contributed by atoms with Crippen molar-refractivity contribution in [3.05, 3.63) is 45.7 Å². The Labute approximate surface area is 169 Å². The van der Waals surface area contributed by atoms with E-state index in [1.54, 1.807) is 26.4 Å². The normalized spacial score (nSPS) is 11.1. The van der Waals surface area contributed by atoms with Crippen molar-refractivity contribution in [2.75, 3.05) is 19.5 Å². The largest absolute Gasteiger partial charge is 0.493 e. The quantitative estimate of drug-likeness (QED) is 0.404. The van der Waals surface area contributed by atoms with E-state index in [9.17, 15) is 0 Å². The third-order valence-corrected chi connectivity index (χ3v) is 5.47. The van der Waals surface area contributed by atoms with Crippen molar-refractivity contribution in [2.45, 2.75) is 0 Å². The van der Waals surface area contributed by atoms with Crippen LogP contribution in [0.1, 0.15) is 0 Å². The molecule has 27 heavy (non-hydrogen) atoms. The molecule has 4 rings (SSSR count). The number of rotatable bonds is 4. The summed E-state index contributed by atoms with van der Waals surface area (Å²) in [6.45, 7) is 0. The number of ether oxygens (including phenoxy) is 2. The first kappa shape index (κ1) is 18.0. The highest BCUT2D eigenvalue weighted by Gasteiger charge is 2.16. The third-order valence-electron chi connectivity index (χ3n) is 4.17. The molecule has 0 bridgehead atoms. The zero-order valence-corrected chi connectivity index (χ0v) is 16.5. The number of fused-ring (bicyclic) bond motifs is 3. The van der Waals surface area contributed by atoms with Gasteiger partial charge in [-0.2, -0.15) is 0 Å². The molecule has 0 saturated heterocycles. The maximum atomic E-state index is 6.29. The Kier molecular flexibility index (Phi) is 4.63. The molecule has 0 fully saturated rings. The highest BCUT2D eigenvalue weighted by molar-refractivity contribution is 6.49. The number of anilines is 2. The monoisotopic (exact) mass is 422 g/mol. The molecule has 0 atom stereocenters. The van der Waals surface area contributed by atoms with Crippen LogP contribution >= 0.6 is 34.8 Å². The average Bonchev–Trinajstić information content (AvgIpc) is 3.05. The van der Waals surface area contributed by atoms with E-state index in [-0.39, 0.29) is 5.02 Å². The average molecular weight is 424 g/mol. The number of hydrogen-bond acceptors (Lipinski definition) is 5. The molecule has 0 aliphatic carbocycles. The summed E-state index contributed by atoms with van der Waals surface area (Å²) in [5.41, 5.74) is 2.87. The fraction of sp³-hybridized carbons (Fsp3) is 0.111. The van der Waals surface area contributed by atoms with Crippen molar-refractivity contribution < 1.29 is 9.47 Å². The summed E-state index contributed by atoms with van der Waals surface area (Å²) in [6.07, 6.45) is 1.47. The molecule has 6 nitrogen and oxygen atoms in total. The number of aromatic nitrogens is 3. The zero-order valence-electron chi connectivity index (χ0n) is 14.2. The molecular weight excluding hydrogens is 411 g/mol. The van der Waals surface area contributed by atoms with E-state index in [4.69, 9.17) is 44.3 Å². The summed E-state index contributed by atoms with van der Waals surface area (Å²) in [7, 11) is 3.18. The maximum absolute atomic E-state index is 6.29. The van der Waals surface area contributed by atoms with E-state index >= 15 is 0 Å². The van der Waals surface area contributed by atoms with Gasteiger partial charge >= 0.3 is 0 Å². The lowest BCUT2D eigenvalue weighted by Gasteiger charge is -2.10. The van der Waals surface area contributed by atoms with Gasteiger partial charge in [-0.3, -0.25) is 0 Å². The number of hydrogen-bond donors (Lipinski definition) is 2. The van der Waals surface area contributed by atoms with Gasteiger partial charge in [-0.05, 0) is 18.2 Å². The Hall–Kier alpha value is -2.41. The van der Waals surface area contributed by atoms with Gasteiger partial charge < -0.3 is 19.8 Å². The molecule has 4 aromatic rings. The smallest absolute Gasteiger partial charge is 0.162 e. The van der Waals surface area contributed by atoms with E-state index in [1.807, 2.05) is 12.1 Å². The third kappa shape index (κ3) is 3.00. The van der Waals surface area contributed by atoms with Gasteiger partial charge in [-0.25, -0.2) is 9.97 Å².